The number of urea groups is 1. The third-order valence-electron chi connectivity index (χ3n) is 5.32. The standard InChI is InChI=1S/C26H20BrClN2O6/c1-34-22-13-15(12-20(27)23(22)35-2)11-19-24(31)29-26(33)30(25(19)32)17-7-9-18(10-8-17)36-14-16-5-3-4-6-21(16)28/h3-13H,14H2,1-2H3,(H,29,31,33)/b19-11+. The normalized spacial score (nSPS) is 14.6. The van der Waals surface area contributed by atoms with Gasteiger partial charge < -0.3 is 14.2 Å². The van der Waals surface area contributed by atoms with Crippen LogP contribution in [-0.4, -0.2) is 32.1 Å². The Kier molecular flexibility index (Phi) is 7.61. The van der Waals surface area contributed by atoms with Crippen molar-refractivity contribution in [3.05, 3.63) is 86.9 Å². The van der Waals surface area contributed by atoms with Crippen LogP contribution >= 0.6 is 27.5 Å². The molecule has 3 aromatic carbocycles. The van der Waals surface area contributed by atoms with E-state index in [9.17, 15) is 14.4 Å². The van der Waals surface area contributed by atoms with Crippen molar-refractivity contribution in [1.29, 1.82) is 0 Å². The third kappa shape index (κ3) is 5.22. The fraction of sp³-hybridized carbons (Fsp3) is 0.115. The summed E-state index contributed by atoms with van der Waals surface area (Å²) < 4.78 is 16.9. The maximum absolute atomic E-state index is 13.2. The molecule has 0 bridgehead atoms. The molecular formula is C26H20BrClN2O6. The Hall–Kier alpha value is -3.82. The molecule has 0 spiro atoms. The zero-order chi connectivity index (χ0) is 25.8. The quantitative estimate of drug-likeness (QED) is 0.303. The van der Waals surface area contributed by atoms with Crippen molar-refractivity contribution in [3.8, 4) is 17.2 Å². The Morgan fingerprint density at radius 3 is 2.39 bits per heavy atom. The van der Waals surface area contributed by atoms with Crippen LogP contribution in [0.2, 0.25) is 5.02 Å². The number of hydrogen-bond donors (Lipinski definition) is 1. The van der Waals surface area contributed by atoms with E-state index < -0.39 is 17.8 Å². The number of ether oxygens (including phenoxy) is 3. The van der Waals surface area contributed by atoms with Crippen molar-refractivity contribution in [2.45, 2.75) is 6.61 Å². The summed E-state index contributed by atoms with van der Waals surface area (Å²) in [5, 5.41) is 2.80. The Morgan fingerprint density at radius 1 is 1.00 bits per heavy atom. The molecule has 4 rings (SSSR count). The molecule has 0 saturated carbocycles. The zero-order valence-electron chi connectivity index (χ0n) is 19.2. The minimum absolute atomic E-state index is 0.215. The van der Waals surface area contributed by atoms with E-state index in [1.54, 1.807) is 42.5 Å². The molecule has 0 atom stereocenters. The van der Waals surface area contributed by atoms with Crippen molar-refractivity contribution in [3.63, 3.8) is 0 Å². The lowest BCUT2D eigenvalue weighted by atomic mass is 10.1. The second-order valence-electron chi connectivity index (χ2n) is 7.57. The number of carbonyl (C=O) groups is 3. The molecule has 0 radical (unpaired) electrons. The predicted octanol–water partition coefficient (Wildman–Crippen LogP) is 5.37. The summed E-state index contributed by atoms with van der Waals surface area (Å²) in [5.74, 6) is -0.174. The Bertz CT molecular complexity index is 1370. The fourth-order valence-electron chi connectivity index (χ4n) is 3.55. The first-order chi connectivity index (χ1) is 17.3. The van der Waals surface area contributed by atoms with Crippen LogP contribution in [0.25, 0.3) is 6.08 Å². The maximum Gasteiger partial charge on any atom is 0.335 e. The molecule has 4 amide bonds. The SMILES string of the molecule is COc1cc(/C=C2\C(=O)NC(=O)N(c3ccc(OCc4ccccc4Cl)cc3)C2=O)cc(Br)c1OC. The van der Waals surface area contributed by atoms with Gasteiger partial charge in [-0.3, -0.25) is 14.9 Å². The third-order valence-corrected chi connectivity index (χ3v) is 6.27. The predicted molar refractivity (Wildman–Crippen MR) is 138 cm³/mol. The van der Waals surface area contributed by atoms with Crippen LogP contribution in [0.5, 0.6) is 17.2 Å². The highest BCUT2D eigenvalue weighted by atomic mass is 79.9. The van der Waals surface area contributed by atoms with Crippen molar-refractivity contribution in [1.82, 2.24) is 5.32 Å². The molecule has 1 fully saturated rings. The number of imide groups is 2. The summed E-state index contributed by atoms with van der Waals surface area (Å²) in [6.07, 6.45) is 1.38. The first kappa shape index (κ1) is 25.3. The van der Waals surface area contributed by atoms with Crippen LogP contribution < -0.4 is 24.4 Å². The fourth-order valence-corrected chi connectivity index (χ4v) is 4.36. The molecule has 0 unspecified atom stereocenters. The van der Waals surface area contributed by atoms with Crippen LogP contribution in [0.15, 0.2) is 70.7 Å². The highest BCUT2D eigenvalue weighted by Crippen LogP contribution is 2.37. The zero-order valence-corrected chi connectivity index (χ0v) is 21.6. The van der Waals surface area contributed by atoms with Crippen molar-refractivity contribution in [2.24, 2.45) is 0 Å². The number of carbonyl (C=O) groups excluding carboxylic acids is 3. The van der Waals surface area contributed by atoms with Gasteiger partial charge in [0.05, 0.1) is 24.4 Å². The van der Waals surface area contributed by atoms with E-state index in [1.807, 2.05) is 18.2 Å². The number of nitrogens with one attached hydrogen (secondary N) is 1. The topological polar surface area (TPSA) is 94.2 Å². The van der Waals surface area contributed by atoms with Gasteiger partial charge in [-0.1, -0.05) is 29.8 Å². The number of anilines is 1. The van der Waals surface area contributed by atoms with Gasteiger partial charge in [-0.15, -0.1) is 0 Å². The minimum atomic E-state index is -0.847. The van der Waals surface area contributed by atoms with Gasteiger partial charge in [0, 0.05) is 10.6 Å². The van der Waals surface area contributed by atoms with Gasteiger partial charge in [-0.05, 0) is 70.0 Å². The number of methoxy groups -OCH3 is 2. The largest absolute Gasteiger partial charge is 0.493 e. The van der Waals surface area contributed by atoms with E-state index >= 15 is 0 Å². The van der Waals surface area contributed by atoms with Crippen LogP contribution in [0, 0.1) is 0 Å². The molecule has 0 aliphatic carbocycles. The second kappa shape index (κ2) is 10.8. The lowest BCUT2D eigenvalue weighted by Crippen LogP contribution is -2.54. The first-order valence-electron chi connectivity index (χ1n) is 10.6. The molecule has 1 aliphatic rings. The average Bonchev–Trinajstić information content (AvgIpc) is 2.86. The smallest absolute Gasteiger partial charge is 0.335 e. The van der Waals surface area contributed by atoms with E-state index in [2.05, 4.69) is 21.2 Å². The lowest BCUT2D eigenvalue weighted by molar-refractivity contribution is -0.122. The number of hydrogen-bond acceptors (Lipinski definition) is 6. The highest BCUT2D eigenvalue weighted by Gasteiger charge is 2.37. The number of amides is 4. The molecular weight excluding hydrogens is 552 g/mol. The average molecular weight is 572 g/mol. The summed E-state index contributed by atoms with van der Waals surface area (Å²) in [5.41, 5.74) is 1.38. The maximum atomic E-state index is 13.2. The van der Waals surface area contributed by atoms with Crippen LogP contribution in [-0.2, 0) is 16.2 Å². The van der Waals surface area contributed by atoms with E-state index in [4.69, 9.17) is 25.8 Å². The molecule has 1 aliphatic heterocycles. The molecule has 1 N–H and O–H groups in total. The van der Waals surface area contributed by atoms with Crippen LogP contribution in [0.3, 0.4) is 0 Å². The lowest BCUT2D eigenvalue weighted by Gasteiger charge is -2.26. The molecule has 1 saturated heterocycles. The number of rotatable bonds is 7. The summed E-state index contributed by atoms with van der Waals surface area (Å²) in [6, 6.07) is 16.1. The Labute approximate surface area is 220 Å². The number of benzene rings is 3. The molecule has 0 aromatic heterocycles. The van der Waals surface area contributed by atoms with Gasteiger partial charge in [0.2, 0.25) is 0 Å². The van der Waals surface area contributed by atoms with Gasteiger partial charge in [-0.25, -0.2) is 9.69 Å². The van der Waals surface area contributed by atoms with Crippen molar-refractivity contribution in [2.75, 3.05) is 19.1 Å². The molecule has 184 valence electrons. The number of barbiturate groups is 1. The van der Waals surface area contributed by atoms with Crippen LogP contribution in [0.4, 0.5) is 10.5 Å². The first-order valence-corrected chi connectivity index (χ1v) is 11.8. The van der Waals surface area contributed by atoms with Gasteiger partial charge in [0.25, 0.3) is 11.8 Å². The Balaban J connectivity index is 1.57. The van der Waals surface area contributed by atoms with Gasteiger partial charge in [0.1, 0.15) is 17.9 Å². The summed E-state index contributed by atoms with van der Waals surface area (Å²) in [4.78, 5) is 39.2. The summed E-state index contributed by atoms with van der Waals surface area (Å²) in [7, 11) is 2.97. The van der Waals surface area contributed by atoms with Gasteiger partial charge in [0.15, 0.2) is 11.5 Å². The van der Waals surface area contributed by atoms with Crippen molar-refractivity contribution < 1.29 is 28.6 Å². The van der Waals surface area contributed by atoms with Gasteiger partial charge >= 0.3 is 6.03 Å². The number of nitrogens with zero attached hydrogens (tertiary/aromatic N) is 1. The van der Waals surface area contributed by atoms with Gasteiger partial charge in [-0.2, -0.15) is 0 Å². The summed E-state index contributed by atoms with van der Waals surface area (Å²) in [6.45, 7) is 0.254. The molecule has 10 heteroatoms. The molecule has 36 heavy (non-hydrogen) atoms. The monoisotopic (exact) mass is 570 g/mol. The Morgan fingerprint density at radius 2 is 1.72 bits per heavy atom. The van der Waals surface area contributed by atoms with E-state index in [-0.39, 0.29) is 17.9 Å². The summed E-state index contributed by atoms with van der Waals surface area (Å²) >= 11 is 9.54. The van der Waals surface area contributed by atoms with E-state index in [0.717, 1.165) is 10.5 Å². The van der Waals surface area contributed by atoms with Crippen molar-refractivity contribution >= 4 is 57.1 Å². The second-order valence-corrected chi connectivity index (χ2v) is 8.83. The van der Waals surface area contributed by atoms with E-state index in [0.29, 0.717) is 32.3 Å². The van der Waals surface area contributed by atoms with E-state index in [1.165, 1.54) is 20.3 Å². The molecule has 8 nitrogen and oxygen atoms in total. The number of halogens is 2. The highest BCUT2D eigenvalue weighted by molar-refractivity contribution is 9.10. The minimum Gasteiger partial charge on any atom is -0.493 e. The molecule has 3 aromatic rings. The molecule has 1 heterocycles. The van der Waals surface area contributed by atoms with Crippen LogP contribution in [0.1, 0.15) is 11.1 Å².